The largest absolute Gasteiger partial charge is 1.00 e. The quantitative estimate of drug-likeness (QED) is 0.376. The molecule has 2 N–H and O–H groups in total. The Bertz CT molecular complexity index is 229. The Labute approximate surface area is 86.7 Å². The Kier molecular flexibility index (Phi) is 2.90. The molecular weight excluding hydrogens is 252 g/mol. The summed E-state index contributed by atoms with van der Waals surface area (Å²) in [4.78, 5) is 0. The molecule has 0 bridgehead atoms. The molecule has 1 heterocycles. The van der Waals surface area contributed by atoms with E-state index in [4.69, 9.17) is 0 Å². The molecule has 2 rings (SSSR count). The minimum Gasteiger partial charge on any atom is -0.502 e. The van der Waals surface area contributed by atoms with Gasteiger partial charge < -0.3 is 23.3 Å². The summed E-state index contributed by atoms with van der Waals surface area (Å²) in [5.41, 5.74) is 2.97. The zero-order chi connectivity index (χ0) is 6.97. The van der Waals surface area contributed by atoms with Crippen LogP contribution in [0.25, 0.3) is 0 Å². The van der Waals surface area contributed by atoms with Gasteiger partial charge in [-0.1, -0.05) is 17.6 Å². The van der Waals surface area contributed by atoms with Crippen molar-refractivity contribution in [2.24, 2.45) is 0 Å². The Balaban J connectivity index is 0.000000605. The molecule has 0 fully saturated rings. The fourth-order valence-corrected chi connectivity index (χ4v) is 1.23. The topological polar surface area (TPSA) is 24.1 Å². The average Bonchev–Trinajstić information content (AvgIpc) is 2.27. The molecule has 0 spiro atoms. The Morgan fingerprint density at radius 2 is 1.55 bits per heavy atom. The maximum Gasteiger partial charge on any atom is 1.00 e. The van der Waals surface area contributed by atoms with E-state index in [1.54, 1.807) is 0 Å². The normalized spacial score (nSPS) is 14.3. The summed E-state index contributed by atoms with van der Waals surface area (Å²) in [6, 6.07) is 7.98. The van der Waals surface area contributed by atoms with Gasteiger partial charge in [0, 0.05) is 11.4 Å². The van der Waals surface area contributed by atoms with Crippen LogP contribution in [-0.4, -0.2) is 0 Å². The molecule has 0 amide bonds. The van der Waals surface area contributed by atoms with E-state index >= 15 is 0 Å². The molecule has 11 heavy (non-hydrogen) atoms. The molecule has 0 aliphatic carbocycles. The van der Waals surface area contributed by atoms with Crippen molar-refractivity contribution in [2.45, 2.75) is 0 Å². The van der Waals surface area contributed by atoms with Crippen LogP contribution in [0.1, 0.15) is 0 Å². The van der Waals surface area contributed by atoms with Gasteiger partial charge >= 0.3 is 22.4 Å². The number of thiol groups is 1. The minimum absolute atomic E-state index is 0. The number of hydrogen-bond donors (Lipinski definition) is 3. The van der Waals surface area contributed by atoms with Crippen molar-refractivity contribution < 1.29 is 22.4 Å². The predicted molar refractivity (Wildman–Crippen MR) is 45.9 cm³/mol. The van der Waals surface area contributed by atoms with Crippen LogP contribution in [0.2, 0.25) is 0 Å². The van der Waals surface area contributed by atoms with Crippen LogP contribution in [-0.2, 0) is 22.4 Å². The van der Waals surface area contributed by atoms with Gasteiger partial charge in [-0.25, -0.2) is 0 Å². The SMILES string of the molecule is S[C-]1Nc2ccccc2N1.[Ag+]. The summed E-state index contributed by atoms with van der Waals surface area (Å²) in [5.74, 6) is 0. The molecule has 62 valence electrons. The van der Waals surface area contributed by atoms with Crippen molar-refractivity contribution in [1.82, 2.24) is 0 Å². The van der Waals surface area contributed by atoms with Gasteiger partial charge in [-0.3, -0.25) is 0 Å². The average molecular weight is 259 g/mol. The summed E-state index contributed by atoms with van der Waals surface area (Å²) < 4.78 is 0. The van der Waals surface area contributed by atoms with Gasteiger partial charge in [-0.15, -0.1) is 0 Å². The second-order valence-corrected chi connectivity index (χ2v) is 2.59. The van der Waals surface area contributed by atoms with Crippen molar-refractivity contribution in [3.05, 3.63) is 29.8 Å². The van der Waals surface area contributed by atoms with Gasteiger partial charge in [0.25, 0.3) is 0 Å². The Hall–Kier alpha value is -0.0897. The summed E-state index contributed by atoms with van der Waals surface area (Å²) >= 11 is 4.13. The molecule has 0 unspecified atom stereocenters. The van der Waals surface area contributed by atoms with Crippen LogP contribution in [0, 0.1) is 5.50 Å². The third-order valence-electron chi connectivity index (χ3n) is 1.43. The number of rotatable bonds is 0. The zero-order valence-electron chi connectivity index (χ0n) is 5.56. The smallest absolute Gasteiger partial charge is 0.502 e. The van der Waals surface area contributed by atoms with Crippen LogP contribution >= 0.6 is 12.6 Å². The maximum atomic E-state index is 4.13. The molecule has 1 aromatic rings. The third kappa shape index (κ3) is 1.73. The van der Waals surface area contributed by atoms with Crippen LogP contribution in [0.4, 0.5) is 11.4 Å². The molecule has 4 heteroatoms. The number of fused-ring (bicyclic) bond motifs is 1. The van der Waals surface area contributed by atoms with Gasteiger partial charge in [0.1, 0.15) is 0 Å². The van der Waals surface area contributed by atoms with Crippen LogP contribution in [0.3, 0.4) is 0 Å². The van der Waals surface area contributed by atoms with E-state index in [1.807, 2.05) is 24.3 Å². The number of para-hydroxylation sites is 2. The number of nitrogens with one attached hydrogen (secondary N) is 2. The van der Waals surface area contributed by atoms with E-state index in [-0.39, 0.29) is 22.4 Å². The van der Waals surface area contributed by atoms with Crippen LogP contribution < -0.4 is 10.6 Å². The molecule has 0 aromatic heterocycles. The molecule has 1 aliphatic rings. The van der Waals surface area contributed by atoms with Crippen LogP contribution in [0.15, 0.2) is 24.3 Å². The van der Waals surface area contributed by atoms with Crippen LogP contribution in [0.5, 0.6) is 0 Å². The van der Waals surface area contributed by atoms with E-state index in [2.05, 4.69) is 23.3 Å². The summed E-state index contributed by atoms with van der Waals surface area (Å²) in [5, 5.41) is 6.13. The van der Waals surface area contributed by atoms with E-state index in [1.165, 1.54) is 0 Å². The molecule has 2 nitrogen and oxygen atoms in total. The zero-order valence-corrected chi connectivity index (χ0v) is 7.93. The summed E-state index contributed by atoms with van der Waals surface area (Å²) in [6.45, 7) is 0. The van der Waals surface area contributed by atoms with Gasteiger partial charge in [0.05, 0.1) is 0 Å². The van der Waals surface area contributed by atoms with Crippen molar-refractivity contribution in [1.29, 1.82) is 0 Å². The molecule has 1 aromatic carbocycles. The van der Waals surface area contributed by atoms with E-state index < -0.39 is 0 Å². The van der Waals surface area contributed by atoms with E-state index in [0.717, 1.165) is 16.9 Å². The number of benzene rings is 1. The van der Waals surface area contributed by atoms with Crippen molar-refractivity contribution in [3.63, 3.8) is 0 Å². The van der Waals surface area contributed by atoms with Crippen molar-refractivity contribution in [2.75, 3.05) is 10.6 Å². The number of anilines is 2. The molecule has 0 radical (unpaired) electrons. The maximum absolute atomic E-state index is 4.13. The first-order chi connectivity index (χ1) is 4.86. The Morgan fingerprint density at radius 3 is 2.00 bits per heavy atom. The number of hydrogen-bond acceptors (Lipinski definition) is 3. The summed E-state index contributed by atoms with van der Waals surface area (Å²) in [6.07, 6.45) is 0. The van der Waals surface area contributed by atoms with Gasteiger partial charge in [-0.2, -0.15) is 0 Å². The third-order valence-corrected chi connectivity index (χ3v) is 1.66. The second-order valence-electron chi connectivity index (χ2n) is 2.14. The first-order valence-electron chi connectivity index (χ1n) is 3.05. The molecule has 1 aliphatic heterocycles. The van der Waals surface area contributed by atoms with Gasteiger partial charge in [-0.05, 0) is 12.1 Å². The van der Waals surface area contributed by atoms with Crippen molar-refractivity contribution in [3.8, 4) is 0 Å². The monoisotopic (exact) mass is 258 g/mol. The summed E-state index contributed by atoms with van der Waals surface area (Å²) in [7, 11) is 0. The van der Waals surface area contributed by atoms with E-state index in [0.29, 0.717) is 0 Å². The predicted octanol–water partition coefficient (Wildman–Crippen LogP) is 1.90. The first kappa shape index (κ1) is 9.00. The van der Waals surface area contributed by atoms with Gasteiger partial charge in [0.15, 0.2) is 0 Å². The fraction of sp³-hybridized carbons (Fsp3) is 0. The fourth-order valence-electron chi connectivity index (χ4n) is 0.987. The standard InChI is InChI=1S/C7H7N2S.Ag/c10-7-8-5-3-1-2-4-6(5)9-7;/h1-4,8-10H;/q-1;+1. The second kappa shape index (κ2) is 3.54. The van der Waals surface area contributed by atoms with E-state index in [9.17, 15) is 0 Å². The van der Waals surface area contributed by atoms with Gasteiger partial charge in [0.2, 0.25) is 0 Å². The van der Waals surface area contributed by atoms with Crippen molar-refractivity contribution >= 4 is 24.0 Å². The molecular formula is C7H7AgN2S. The molecule has 0 atom stereocenters. The minimum atomic E-state index is 0. The molecule has 0 saturated heterocycles. The molecule has 0 saturated carbocycles. The first-order valence-corrected chi connectivity index (χ1v) is 3.50. The Morgan fingerprint density at radius 1 is 1.09 bits per heavy atom.